The molecule has 0 atom stereocenters. The van der Waals surface area contributed by atoms with E-state index in [0.717, 1.165) is 0 Å². The molecule has 0 spiro atoms. The Morgan fingerprint density at radius 3 is 2.82 bits per heavy atom. The van der Waals surface area contributed by atoms with Gasteiger partial charge in [-0.25, -0.2) is 0 Å². The zero-order valence-corrected chi connectivity index (χ0v) is 10.3. The maximum absolute atomic E-state index is 10.9. The highest BCUT2D eigenvalue weighted by Gasteiger charge is 2.20. The van der Waals surface area contributed by atoms with Gasteiger partial charge >= 0.3 is 5.69 Å². The van der Waals surface area contributed by atoms with Crippen LogP contribution < -0.4 is 4.74 Å². The molecule has 0 radical (unpaired) electrons. The SMILES string of the molecule is COc1cccc2[nH]c(=S)c([N+](=O)[O-])c(Cl)c12. The van der Waals surface area contributed by atoms with Gasteiger partial charge in [0.25, 0.3) is 0 Å². The summed E-state index contributed by atoms with van der Waals surface area (Å²) >= 11 is 10.9. The minimum Gasteiger partial charge on any atom is -0.496 e. The third-order valence-electron chi connectivity index (χ3n) is 2.32. The third kappa shape index (κ3) is 1.85. The predicted molar refractivity (Wildman–Crippen MR) is 67.3 cm³/mol. The molecular formula is C10H7ClN2O3S. The van der Waals surface area contributed by atoms with Gasteiger partial charge in [-0.1, -0.05) is 29.9 Å². The summed E-state index contributed by atoms with van der Waals surface area (Å²) in [5.74, 6) is 0.460. The molecule has 0 aliphatic carbocycles. The molecule has 17 heavy (non-hydrogen) atoms. The monoisotopic (exact) mass is 270 g/mol. The van der Waals surface area contributed by atoms with Gasteiger partial charge in [0.2, 0.25) is 0 Å². The summed E-state index contributed by atoms with van der Waals surface area (Å²) in [6.45, 7) is 0. The van der Waals surface area contributed by atoms with Crippen molar-refractivity contribution < 1.29 is 9.66 Å². The lowest BCUT2D eigenvalue weighted by Gasteiger charge is -2.07. The molecule has 1 heterocycles. The summed E-state index contributed by atoms with van der Waals surface area (Å²) in [4.78, 5) is 13.0. The number of halogens is 1. The summed E-state index contributed by atoms with van der Waals surface area (Å²) in [5.41, 5.74) is 0.295. The fourth-order valence-electron chi connectivity index (χ4n) is 1.59. The molecule has 0 fully saturated rings. The van der Waals surface area contributed by atoms with Crippen molar-refractivity contribution in [2.45, 2.75) is 0 Å². The number of benzene rings is 1. The molecule has 0 bridgehead atoms. The molecule has 1 aromatic carbocycles. The molecule has 7 heteroatoms. The normalized spacial score (nSPS) is 10.5. The van der Waals surface area contributed by atoms with Gasteiger partial charge in [0.1, 0.15) is 10.8 Å². The van der Waals surface area contributed by atoms with Crippen molar-refractivity contribution in [3.05, 3.63) is 38.0 Å². The van der Waals surface area contributed by atoms with E-state index in [4.69, 9.17) is 28.6 Å². The van der Waals surface area contributed by atoms with Crippen molar-refractivity contribution in [2.24, 2.45) is 0 Å². The van der Waals surface area contributed by atoms with E-state index in [2.05, 4.69) is 4.98 Å². The summed E-state index contributed by atoms with van der Waals surface area (Å²) in [7, 11) is 1.47. The number of nitrogens with one attached hydrogen (secondary N) is 1. The van der Waals surface area contributed by atoms with Crippen molar-refractivity contribution in [1.82, 2.24) is 4.98 Å². The van der Waals surface area contributed by atoms with Gasteiger partial charge in [0.05, 0.1) is 22.9 Å². The first-order chi connectivity index (χ1) is 8.06. The Balaban J connectivity index is 2.99. The number of hydrogen-bond donors (Lipinski definition) is 1. The quantitative estimate of drug-likeness (QED) is 0.515. The maximum atomic E-state index is 10.9. The van der Waals surface area contributed by atoms with E-state index < -0.39 is 4.92 Å². The van der Waals surface area contributed by atoms with E-state index in [1.807, 2.05) is 0 Å². The number of aromatic nitrogens is 1. The summed E-state index contributed by atoms with van der Waals surface area (Å²) in [6.07, 6.45) is 0. The van der Waals surface area contributed by atoms with Crippen LogP contribution in [0.15, 0.2) is 18.2 Å². The van der Waals surface area contributed by atoms with Crippen LogP contribution in [0.2, 0.25) is 5.02 Å². The van der Waals surface area contributed by atoms with E-state index in [1.165, 1.54) is 7.11 Å². The number of pyridine rings is 1. The number of ether oxygens (including phenoxy) is 1. The second kappa shape index (κ2) is 4.31. The summed E-state index contributed by atoms with van der Waals surface area (Å²) in [6, 6.07) is 5.15. The van der Waals surface area contributed by atoms with Crippen LogP contribution in [0.1, 0.15) is 0 Å². The number of nitro groups is 1. The first kappa shape index (κ1) is 11.8. The van der Waals surface area contributed by atoms with Crippen LogP contribution in [0.3, 0.4) is 0 Å². The lowest BCUT2D eigenvalue weighted by molar-refractivity contribution is -0.385. The number of aromatic amines is 1. The van der Waals surface area contributed by atoms with Crippen LogP contribution in [-0.2, 0) is 0 Å². The molecule has 88 valence electrons. The predicted octanol–water partition coefficient (Wildman–Crippen LogP) is 3.47. The van der Waals surface area contributed by atoms with Crippen molar-refractivity contribution in [2.75, 3.05) is 7.11 Å². The summed E-state index contributed by atoms with van der Waals surface area (Å²) < 4.78 is 5.12. The van der Waals surface area contributed by atoms with Crippen molar-refractivity contribution in [1.29, 1.82) is 0 Å². The van der Waals surface area contributed by atoms with Gasteiger partial charge in [-0.2, -0.15) is 0 Å². The van der Waals surface area contributed by atoms with Gasteiger partial charge in [-0.3, -0.25) is 10.1 Å². The first-order valence-electron chi connectivity index (χ1n) is 4.59. The van der Waals surface area contributed by atoms with Crippen molar-refractivity contribution in [3.8, 4) is 5.75 Å². The average Bonchev–Trinajstić information content (AvgIpc) is 2.27. The molecule has 2 rings (SSSR count). The third-order valence-corrected chi connectivity index (χ3v) is 2.98. The van der Waals surface area contributed by atoms with Gasteiger partial charge in [0.15, 0.2) is 4.64 Å². The molecule has 1 aromatic heterocycles. The van der Waals surface area contributed by atoms with Gasteiger partial charge in [-0.15, -0.1) is 0 Å². The average molecular weight is 271 g/mol. The molecule has 1 N–H and O–H groups in total. The standard InChI is InChI=1S/C10H7ClN2O3S/c1-16-6-4-2-3-5-7(6)8(11)9(13(14)15)10(17)12-5/h2-4H,1H3,(H,12,17). The van der Waals surface area contributed by atoms with Crippen LogP contribution in [0.4, 0.5) is 5.69 Å². The molecule has 0 aliphatic heterocycles. The molecular weight excluding hydrogens is 264 g/mol. The largest absolute Gasteiger partial charge is 0.496 e. The Bertz CT molecular complexity index is 668. The Hall–Kier alpha value is -1.66. The van der Waals surface area contributed by atoms with Crippen LogP contribution in [0.5, 0.6) is 5.75 Å². The Kier molecular flexibility index (Phi) is 2.99. The van der Waals surface area contributed by atoms with Gasteiger partial charge < -0.3 is 9.72 Å². The number of rotatable bonds is 2. The molecule has 2 aromatic rings. The Labute approximate surface area is 106 Å². The highest BCUT2D eigenvalue weighted by molar-refractivity contribution is 7.71. The topological polar surface area (TPSA) is 68.2 Å². The second-order valence-corrected chi connectivity index (χ2v) is 4.04. The van der Waals surface area contributed by atoms with Crippen LogP contribution in [0.25, 0.3) is 10.9 Å². The zero-order valence-electron chi connectivity index (χ0n) is 8.69. The lowest BCUT2D eigenvalue weighted by Crippen LogP contribution is -1.95. The van der Waals surface area contributed by atoms with Crippen molar-refractivity contribution >= 4 is 40.4 Å². The van der Waals surface area contributed by atoms with E-state index in [0.29, 0.717) is 16.7 Å². The van der Waals surface area contributed by atoms with E-state index in [-0.39, 0.29) is 15.4 Å². The highest BCUT2D eigenvalue weighted by Crippen LogP contribution is 2.37. The fourth-order valence-corrected chi connectivity index (χ4v) is 2.30. The molecule has 0 saturated heterocycles. The van der Waals surface area contributed by atoms with E-state index in [1.54, 1.807) is 18.2 Å². The Morgan fingerprint density at radius 1 is 1.53 bits per heavy atom. The van der Waals surface area contributed by atoms with Crippen LogP contribution >= 0.6 is 23.8 Å². The fraction of sp³-hybridized carbons (Fsp3) is 0.100. The van der Waals surface area contributed by atoms with Gasteiger partial charge in [0, 0.05) is 0 Å². The smallest absolute Gasteiger partial charge is 0.323 e. The minimum absolute atomic E-state index is 0.000697. The van der Waals surface area contributed by atoms with Gasteiger partial charge in [-0.05, 0) is 12.1 Å². The number of nitrogens with zero attached hydrogens (tertiary/aromatic N) is 1. The molecule has 0 saturated carbocycles. The van der Waals surface area contributed by atoms with E-state index >= 15 is 0 Å². The maximum Gasteiger partial charge on any atom is 0.323 e. The van der Waals surface area contributed by atoms with Crippen LogP contribution in [-0.4, -0.2) is 17.0 Å². The minimum atomic E-state index is -0.604. The lowest BCUT2D eigenvalue weighted by atomic mass is 10.2. The first-order valence-corrected chi connectivity index (χ1v) is 5.37. The molecule has 0 unspecified atom stereocenters. The Morgan fingerprint density at radius 2 is 2.24 bits per heavy atom. The number of hydrogen-bond acceptors (Lipinski definition) is 4. The van der Waals surface area contributed by atoms with Crippen molar-refractivity contribution in [3.63, 3.8) is 0 Å². The van der Waals surface area contributed by atoms with Crippen LogP contribution in [0, 0.1) is 14.8 Å². The molecule has 5 nitrogen and oxygen atoms in total. The number of fused-ring (bicyclic) bond motifs is 1. The summed E-state index contributed by atoms with van der Waals surface area (Å²) in [5, 5.41) is 11.3. The highest BCUT2D eigenvalue weighted by atomic mass is 35.5. The second-order valence-electron chi connectivity index (χ2n) is 3.26. The van der Waals surface area contributed by atoms with E-state index in [9.17, 15) is 10.1 Å². The number of H-pyrrole nitrogens is 1. The molecule has 0 amide bonds. The zero-order chi connectivity index (χ0) is 12.6. The molecule has 0 aliphatic rings. The number of methoxy groups -OCH3 is 1.